The van der Waals surface area contributed by atoms with E-state index < -0.39 is 5.91 Å². The number of anilines is 1. The number of furan rings is 1. The minimum atomic E-state index is -0.404. The van der Waals surface area contributed by atoms with Crippen molar-refractivity contribution in [2.24, 2.45) is 0 Å². The molecule has 3 N–H and O–H groups in total. The number of hydrogen-bond donors (Lipinski definition) is 2. The van der Waals surface area contributed by atoms with Gasteiger partial charge in [0.1, 0.15) is 5.76 Å². The maximum absolute atomic E-state index is 12.3. The van der Waals surface area contributed by atoms with Gasteiger partial charge < -0.3 is 20.2 Å². The van der Waals surface area contributed by atoms with Crippen LogP contribution in [0.1, 0.15) is 36.1 Å². The van der Waals surface area contributed by atoms with Crippen molar-refractivity contribution in [3.63, 3.8) is 0 Å². The Balaban J connectivity index is 1.84. The lowest BCUT2D eigenvalue weighted by Gasteiger charge is -2.11. The van der Waals surface area contributed by atoms with E-state index in [1.807, 2.05) is 38.1 Å². The highest BCUT2D eigenvalue weighted by Gasteiger charge is 2.19. The zero-order valence-electron chi connectivity index (χ0n) is 13.4. The number of aromatic nitrogens is 2. The van der Waals surface area contributed by atoms with Gasteiger partial charge in [0.25, 0.3) is 5.91 Å². The molecule has 1 unspecified atom stereocenters. The van der Waals surface area contributed by atoms with Gasteiger partial charge in [0.2, 0.25) is 0 Å². The fourth-order valence-electron chi connectivity index (χ4n) is 2.40. The zero-order valence-corrected chi connectivity index (χ0v) is 13.4. The van der Waals surface area contributed by atoms with Crippen molar-refractivity contribution in [2.45, 2.75) is 19.9 Å². The standard InChI is InChI=1S/C17H18N4O3/c1-3-23-12-6-4-5-11-9-13(24-15(11)12)10(2)21-17(22)14-16(18)20-8-7-19-14/h4-10H,3H2,1-2H3,(H2,18,20)(H,21,22). The van der Waals surface area contributed by atoms with Crippen molar-refractivity contribution >= 4 is 22.7 Å². The van der Waals surface area contributed by atoms with Crippen LogP contribution < -0.4 is 15.8 Å². The van der Waals surface area contributed by atoms with Gasteiger partial charge >= 0.3 is 0 Å². The fraction of sp³-hybridized carbons (Fsp3) is 0.235. The second kappa shape index (κ2) is 6.57. The summed E-state index contributed by atoms with van der Waals surface area (Å²) in [5.74, 6) is 0.981. The normalized spacial score (nSPS) is 12.1. The summed E-state index contributed by atoms with van der Waals surface area (Å²) < 4.78 is 11.4. The number of nitrogens with one attached hydrogen (secondary N) is 1. The molecule has 0 saturated carbocycles. The molecule has 1 aromatic carbocycles. The lowest BCUT2D eigenvalue weighted by atomic mass is 10.2. The molecular formula is C17H18N4O3. The number of rotatable bonds is 5. The molecule has 0 saturated heterocycles. The summed E-state index contributed by atoms with van der Waals surface area (Å²) in [5.41, 5.74) is 6.43. The van der Waals surface area contributed by atoms with Crippen molar-refractivity contribution in [2.75, 3.05) is 12.3 Å². The summed E-state index contributed by atoms with van der Waals surface area (Å²) in [6.07, 6.45) is 2.86. The smallest absolute Gasteiger partial charge is 0.274 e. The van der Waals surface area contributed by atoms with E-state index >= 15 is 0 Å². The molecule has 0 aliphatic carbocycles. The fourth-order valence-corrected chi connectivity index (χ4v) is 2.40. The molecule has 0 aliphatic rings. The summed E-state index contributed by atoms with van der Waals surface area (Å²) in [7, 11) is 0. The lowest BCUT2D eigenvalue weighted by molar-refractivity contribution is 0.0931. The van der Waals surface area contributed by atoms with Crippen LogP contribution in [-0.4, -0.2) is 22.5 Å². The van der Waals surface area contributed by atoms with Crippen LogP contribution in [0.3, 0.4) is 0 Å². The van der Waals surface area contributed by atoms with Crippen molar-refractivity contribution < 1.29 is 13.9 Å². The highest BCUT2D eigenvalue weighted by Crippen LogP contribution is 2.31. The Bertz CT molecular complexity index is 875. The summed E-state index contributed by atoms with van der Waals surface area (Å²) in [6.45, 7) is 4.28. The van der Waals surface area contributed by atoms with Gasteiger partial charge in [-0.2, -0.15) is 0 Å². The minimum absolute atomic E-state index is 0.0884. The Hall–Kier alpha value is -3.09. The SMILES string of the molecule is CCOc1cccc2cc(C(C)NC(=O)c3nccnc3N)oc12. The molecule has 0 fully saturated rings. The molecular weight excluding hydrogens is 308 g/mol. The number of ether oxygens (including phenoxy) is 1. The van der Waals surface area contributed by atoms with E-state index in [0.717, 1.165) is 5.39 Å². The van der Waals surface area contributed by atoms with Gasteiger partial charge in [-0.25, -0.2) is 9.97 Å². The van der Waals surface area contributed by atoms with E-state index in [-0.39, 0.29) is 17.6 Å². The van der Waals surface area contributed by atoms with Crippen molar-refractivity contribution in [3.05, 3.63) is 48.1 Å². The average Bonchev–Trinajstić information content (AvgIpc) is 3.01. The monoisotopic (exact) mass is 326 g/mol. The van der Waals surface area contributed by atoms with Gasteiger partial charge in [0, 0.05) is 17.8 Å². The van der Waals surface area contributed by atoms with E-state index in [9.17, 15) is 4.79 Å². The summed E-state index contributed by atoms with van der Waals surface area (Å²) in [5, 5.41) is 3.72. The second-order valence-electron chi connectivity index (χ2n) is 5.24. The number of fused-ring (bicyclic) bond motifs is 1. The minimum Gasteiger partial charge on any atom is -0.490 e. The highest BCUT2D eigenvalue weighted by molar-refractivity contribution is 5.96. The molecule has 3 rings (SSSR count). The third kappa shape index (κ3) is 3.01. The molecule has 124 valence electrons. The quantitative estimate of drug-likeness (QED) is 0.747. The lowest BCUT2D eigenvalue weighted by Crippen LogP contribution is -2.28. The van der Waals surface area contributed by atoms with Crippen LogP contribution in [0.2, 0.25) is 0 Å². The second-order valence-corrected chi connectivity index (χ2v) is 5.24. The molecule has 1 atom stereocenters. The van der Waals surface area contributed by atoms with Crippen LogP contribution >= 0.6 is 0 Å². The van der Waals surface area contributed by atoms with Gasteiger partial charge in [-0.05, 0) is 26.0 Å². The topological polar surface area (TPSA) is 103 Å². The third-order valence-corrected chi connectivity index (χ3v) is 3.54. The van der Waals surface area contributed by atoms with Crippen LogP contribution in [0.25, 0.3) is 11.0 Å². The molecule has 7 heteroatoms. The largest absolute Gasteiger partial charge is 0.490 e. The van der Waals surface area contributed by atoms with Crippen LogP contribution in [0.4, 0.5) is 5.82 Å². The van der Waals surface area contributed by atoms with Crippen molar-refractivity contribution in [1.82, 2.24) is 15.3 Å². The molecule has 2 aromatic heterocycles. The number of carbonyl (C=O) groups is 1. The first-order valence-corrected chi connectivity index (χ1v) is 7.62. The summed E-state index contributed by atoms with van der Waals surface area (Å²) in [6, 6.07) is 7.20. The van der Waals surface area contributed by atoms with E-state index in [0.29, 0.717) is 23.7 Å². The van der Waals surface area contributed by atoms with Crippen LogP contribution in [0, 0.1) is 0 Å². The average molecular weight is 326 g/mol. The highest BCUT2D eigenvalue weighted by atomic mass is 16.5. The van der Waals surface area contributed by atoms with Gasteiger partial charge in [0.15, 0.2) is 22.8 Å². The summed E-state index contributed by atoms with van der Waals surface area (Å²) in [4.78, 5) is 20.1. The third-order valence-electron chi connectivity index (χ3n) is 3.54. The van der Waals surface area contributed by atoms with Crippen molar-refractivity contribution in [3.8, 4) is 5.75 Å². The number of hydrogen-bond acceptors (Lipinski definition) is 6. The predicted octanol–water partition coefficient (Wildman–Crippen LogP) is 2.69. The van der Waals surface area contributed by atoms with E-state index in [2.05, 4.69) is 15.3 Å². The molecule has 0 radical (unpaired) electrons. The van der Waals surface area contributed by atoms with Gasteiger partial charge in [-0.15, -0.1) is 0 Å². The number of para-hydroxylation sites is 1. The first-order chi connectivity index (χ1) is 11.6. The van der Waals surface area contributed by atoms with Gasteiger partial charge in [-0.3, -0.25) is 4.79 Å². The first-order valence-electron chi connectivity index (χ1n) is 7.62. The number of nitrogens with two attached hydrogens (primary N) is 1. The molecule has 0 bridgehead atoms. The number of nitrogen functional groups attached to an aromatic ring is 1. The van der Waals surface area contributed by atoms with Crippen LogP contribution in [0.15, 0.2) is 41.1 Å². The molecule has 0 spiro atoms. The Morgan fingerprint density at radius 3 is 2.92 bits per heavy atom. The number of carbonyl (C=O) groups excluding carboxylic acids is 1. The number of amides is 1. The zero-order chi connectivity index (χ0) is 17.1. The molecule has 2 heterocycles. The Kier molecular flexibility index (Phi) is 4.33. The number of benzene rings is 1. The maximum Gasteiger partial charge on any atom is 0.274 e. The van der Waals surface area contributed by atoms with Gasteiger partial charge in [-0.1, -0.05) is 12.1 Å². The van der Waals surface area contributed by atoms with Crippen LogP contribution in [-0.2, 0) is 0 Å². The van der Waals surface area contributed by atoms with E-state index in [1.165, 1.54) is 12.4 Å². The summed E-state index contributed by atoms with van der Waals surface area (Å²) >= 11 is 0. The molecule has 24 heavy (non-hydrogen) atoms. The Morgan fingerprint density at radius 2 is 2.17 bits per heavy atom. The molecule has 3 aromatic rings. The maximum atomic E-state index is 12.3. The van der Waals surface area contributed by atoms with E-state index in [1.54, 1.807) is 0 Å². The van der Waals surface area contributed by atoms with Crippen molar-refractivity contribution in [1.29, 1.82) is 0 Å². The molecule has 1 amide bonds. The first kappa shape index (κ1) is 15.8. The van der Waals surface area contributed by atoms with E-state index in [4.69, 9.17) is 14.9 Å². The molecule has 0 aliphatic heterocycles. The number of nitrogens with zero attached hydrogens (tertiary/aromatic N) is 2. The van der Waals surface area contributed by atoms with Gasteiger partial charge in [0.05, 0.1) is 12.6 Å². The van der Waals surface area contributed by atoms with Crippen LogP contribution in [0.5, 0.6) is 5.75 Å². The predicted molar refractivity (Wildman–Crippen MR) is 89.7 cm³/mol. The Labute approximate surface area is 138 Å². The Morgan fingerprint density at radius 1 is 1.38 bits per heavy atom. The molecule has 7 nitrogen and oxygen atoms in total.